The van der Waals surface area contributed by atoms with Crippen LogP contribution in [0.3, 0.4) is 0 Å². The lowest BCUT2D eigenvalue weighted by atomic mass is 10.0. The van der Waals surface area contributed by atoms with Gasteiger partial charge in [0.05, 0.1) is 11.2 Å². The summed E-state index contributed by atoms with van der Waals surface area (Å²) in [4.78, 5) is 4.48. The van der Waals surface area contributed by atoms with Crippen LogP contribution in [0.15, 0.2) is 59.3 Å². The zero-order valence-corrected chi connectivity index (χ0v) is 15.3. The molecule has 0 aliphatic rings. The van der Waals surface area contributed by atoms with Crippen molar-refractivity contribution >= 4 is 28.2 Å². The molecule has 0 radical (unpaired) electrons. The van der Waals surface area contributed by atoms with E-state index in [0.717, 1.165) is 49.8 Å². The van der Waals surface area contributed by atoms with Crippen LogP contribution in [-0.2, 0) is 6.54 Å². The summed E-state index contributed by atoms with van der Waals surface area (Å²) in [5.74, 6) is 0.819. The van der Waals surface area contributed by atoms with Crippen molar-refractivity contribution in [1.82, 2.24) is 10.1 Å². The summed E-state index contributed by atoms with van der Waals surface area (Å²) < 4.78 is 5.31. The van der Waals surface area contributed by atoms with Gasteiger partial charge < -0.3 is 9.84 Å². The van der Waals surface area contributed by atoms with E-state index in [-0.39, 0.29) is 0 Å². The van der Waals surface area contributed by atoms with Gasteiger partial charge in [-0.05, 0) is 55.3 Å². The molecule has 4 nitrogen and oxygen atoms in total. The number of hydrogen-bond acceptors (Lipinski definition) is 4. The maximum absolute atomic E-state index is 6.08. The number of nitrogens with one attached hydrogen (secondary N) is 1. The maximum Gasteiger partial charge on any atom is 0.141 e. The van der Waals surface area contributed by atoms with E-state index >= 15 is 0 Å². The highest BCUT2D eigenvalue weighted by molar-refractivity contribution is 6.30. The minimum Gasteiger partial charge on any atom is -0.380 e. The molecule has 0 aliphatic heterocycles. The Morgan fingerprint density at radius 3 is 2.73 bits per heavy atom. The number of halogens is 1. The zero-order chi connectivity index (χ0) is 18.1. The second kappa shape index (κ2) is 6.81. The molecule has 1 N–H and O–H groups in total. The van der Waals surface area contributed by atoms with Crippen molar-refractivity contribution in [2.75, 3.05) is 5.32 Å². The molecule has 0 bridgehead atoms. The Kier molecular flexibility index (Phi) is 4.35. The fourth-order valence-electron chi connectivity index (χ4n) is 3.20. The van der Waals surface area contributed by atoms with E-state index in [9.17, 15) is 0 Å². The summed E-state index contributed by atoms with van der Waals surface area (Å²) in [6.45, 7) is 4.58. The minimum absolute atomic E-state index is 0.690. The monoisotopic (exact) mass is 363 g/mol. The average molecular weight is 364 g/mol. The van der Waals surface area contributed by atoms with E-state index in [2.05, 4.69) is 33.7 Å². The predicted octanol–water partition coefficient (Wildman–Crippen LogP) is 5.77. The summed E-state index contributed by atoms with van der Waals surface area (Å²) in [6.07, 6.45) is 1.82. The molecular formula is C21H18ClN3O. The largest absolute Gasteiger partial charge is 0.380 e. The molecule has 130 valence electrons. The van der Waals surface area contributed by atoms with Crippen LogP contribution in [-0.4, -0.2) is 10.1 Å². The third kappa shape index (κ3) is 3.16. The number of pyridine rings is 1. The van der Waals surface area contributed by atoms with Gasteiger partial charge in [0.15, 0.2) is 0 Å². The molecule has 2 aromatic carbocycles. The van der Waals surface area contributed by atoms with Crippen LogP contribution in [0.4, 0.5) is 5.69 Å². The Labute approximate surface area is 156 Å². The van der Waals surface area contributed by atoms with Crippen molar-refractivity contribution in [3.8, 4) is 11.1 Å². The van der Waals surface area contributed by atoms with Crippen LogP contribution < -0.4 is 5.32 Å². The fourth-order valence-corrected chi connectivity index (χ4v) is 3.41. The van der Waals surface area contributed by atoms with Gasteiger partial charge in [0, 0.05) is 34.4 Å². The molecule has 0 atom stereocenters. The van der Waals surface area contributed by atoms with Gasteiger partial charge in [-0.3, -0.25) is 4.98 Å². The molecule has 0 spiro atoms. The Balaban J connectivity index is 1.72. The highest BCUT2D eigenvalue weighted by Gasteiger charge is 2.13. The van der Waals surface area contributed by atoms with E-state index in [4.69, 9.17) is 16.1 Å². The SMILES string of the molecule is Cc1noc(C)c1-c1ccc2nccc(NCc3cccc(Cl)c3)c2c1. The third-order valence-electron chi connectivity index (χ3n) is 4.44. The molecule has 5 heteroatoms. The number of aryl methyl sites for hydroxylation is 2. The summed E-state index contributed by atoms with van der Waals surface area (Å²) in [5, 5.41) is 9.36. The summed E-state index contributed by atoms with van der Waals surface area (Å²) in [7, 11) is 0. The predicted molar refractivity (Wildman–Crippen MR) is 105 cm³/mol. The first-order valence-electron chi connectivity index (χ1n) is 8.42. The highest BCUT2D eigenvalue weighted by atomic mass is 35.5. The first kappa shape index (κ1) is 16.6. The molecule has 4 aromatic rings. The van der Waals surface area contributed by atoms with Crippen molar-refractivity contribution in [3.05, 3.63) is 76.8 Å². The first-order valence-corrected chi connectivity index (χ1v) is 8.80. The Bertz CT molecular complexity index is 1070. The summed E-state index contributed by atoms with van der Waals surface area (Å²) in [5.41, 5.74) is 6.10. The van der Waals surface area contributed by atoms with Crippen LogP contribution >= 0.6 is 11.6 Å². The first-order chi connectivity index (χ1) is 12.6. The quantitative estimate of drug-likeness (QED) is 0.500. The number of rotatable bonds is 4. The number of hydrogen-bond donors (Lipinski definition) is 1. The molecule has 2 heterocycles. The van der Waals surface area contributed by atoms with E-state index in [1.165, 1.54) is 0 Å². The molecule has 2 aromatic heterocycles. The Morgan fingerprint density at radius 2 is 1.96 bits per heavy atom. The third-order valence-corrected chi connectivity index (χ3v) is 4.67. The molecular weight excluding hydrogens is 346 g/mol. The highest BCUT2D eigenvalue weighted by Crippen LogP contribution is 2.31. The molecule has 0 amide bonds. The summed E-state index contributed by atoms with van der Waals surface area (Å²) in [6, 6.07) is 16.1. The minimum atomic E-state index is 0.690. The number of anilines is 1. The lowest BCUT2D eigenvalue weighted by Crippen LogP contribution is -2.00. The van der Waals surface area contributed by atoms with Gasteiger partial charge in [-0.25, -0.2) is 0 Å². The fraction of sp³-hybridized carbons (Fsp3) is 0.143. The standard InChI is InChI=1S/C21H18ClN3O/c1-13-21(14(2)26-25-13)16-6-7-19-18(11-16)20(8-9-23-19)24-12-15-4-3-5-17(22)10-15/h3-11H,12H2,1-2H3,(H,23,24). The van der Waals surface area contributed by atoms with Gasteiger partial charge in [-0.2, -0.15) is 0 Å². The van der Waals surface area contributed by atoms with Crippen molar-refractivity contribution in [1.29, 1.82) is 0 Å². The number of fused-ring (bicyclic) bond motifs is 1. The van der Waals surface area contributed by atoms with Crippen molar-refractivity contribution in [2.24, 2.45) is 0 Å². The second-order valence-electron chi connectivity index (χ2n) is 6.27. The average Bonchev–Trinajstić information content (AvgIpc) is 2.98. The van der Waals surface area contributed by atoms with E-state index in [0.29, 0.717) is 6.54 Å². The van der Waals surface area contributed by atoms with Crippen LogP contribution in [0, 0.1) is 13.8 Å². The number of aromatic nitrogens is 2. The Morgan fingerprint density at radius 1 is 1.08 bits per heavy atom. The summed E-state index contributed by atoms with van der Waals surface area (Å²) >= 11 is 6.08. The lowest BCUT2D eigenvalue weighted by Gasteiger charge is -2.11. The van der Waals surface area contributed by atoms with Crippen molar-refractivity contribution in [2.45, 2.75) is 20.4 Å². The van der Waals surface area contributed by atoms with Gasteiger partial charge in [0.2, 0.25) is 0 Å². The number of nitrogens with zero attached hydrogens (tertiary/aromatic N) is 2. The molecule has 4 rings (SSSR count). The van der Waals surface area contributed by atoms with Crippen LogP contribution in [0.5, 0.6) is 0 Å². The van der Waals surface area contributed by atoms with Gasteiger partial charge >= 0.3 is 0 Å². The normalized spacial score (nSPS) is 11.0. The number of benzene rings is 2. The van der Waals surface area contributed by atoms with Crippen LogP contribution in [0.1, 0.15) is 17.0 Å². The lowest BCUT2D eigenvalue weighted by molar-refractivity contribution is 0.393. The van der Waals surface area contributed by atoms with Crippen LogP contribution in [0.2, 0.25) is 5.02 Å². The van der Waals surface area contributed by atoms with Crippen molar-refractivity contribution < 1.29 is 4.52 Å². The second-order valence-corrected chi connectivity index (χ2v) is 6.71. The van der Waals surface area contributed by atoms with E-state index in [1.54, 1.807) is 0 Å². The zero-order valence-electron chi connectivity index (χ0n) is 14.6. The van der Waals surface area contributed by atoms with Crippen molar-refractivity contribution in [3.63, 3.8) is 0 Å². The molecule has 0 saturated heterocycles. The maximum atomic E-state index is 6.08. The van der Waals surface area contributed by atoms with Gasteiger partial charge in [-0.1, -0.05) is 35.0 Å². The molecule has 0 fully saturated rings. The smallest absolute Gasteiger partial charge is 0.141 e. The van der Waals surface area contributed by atoms with Gasteiger partial charge in [0.1, 0.15) is 5.76 Å². The Hall–Kier alpha value is -2.85. The topological polar surface area (TPSA) is 51.0 Å². The van der Waals surface area contributed by atoms with E-state index in [1.807, 2.05) is 50.4 Å². The van der Waals surface area contributed by atoms with Gasteiger partial charge in [0.25, 0.3) is 0 Å². The van der Waals surface area contributed by atoms with Crippen LogP contribution in [0.25, 0.3) is 22.0 Å². The van der Waals surface area contributed by atoms with E-state index < -0.39 is 0 Å². The van der Waals surface area contributed by atoms with Gasteiger partial charge in [-0.15, -0.1) is 0 Å². The molecule has 26 heavy (non-hydrogen) atoms. The molecule has 0 unspecified atom stereocenters. The molecule has 0 saturated carbocycles. The molecule has 0 aliphatic carbocycles.